The molecule has 0 heterocycles. The summed E-state index contributed by atoms with van der Waals surface area (Å²) in [6, 6.07) is 0. The third kappa shape index (κ3) is 2.07. The molecule has 0 unspecified atom stereocenters. The molecule has 0 aliphatic heterocycles. The number of hydrogen-bond acceptors (Lipinski definition) is 3. The minimum absolute atomic E-state index is 0.0724. The zero-order chi connectivity index (χ0) is 17.3. The average Bonchev–Trinajstić information content (AvgIpc) is 2.78. The number of allylic oxidation sites excluding steroid dienone is 2. The maximum Gasteiger partial charge on any atom is 0.159 e. The fourth-order valence-electron chi connectivity index (χ4n) is 7.43. The number of aliphatic hydroxyl groups is 2. The minimum Gasteiger partial charge on any atom is -0.390 e. The van der Waals surface area contributed by atoms with Gasteiger partial charge in [0.1, 0.15) is 0 Å². The maximum absolute atomic E-state index is 12.6. The van der Waals surface area contributed by atoms with E-state index in [4.69, 9.17) is 0 Å². The van der Waals surface area contributed by atoms with Crippen LogP contribution in [0.15, 0.2) is 11.6 Å². The van der Waals surface area contributed by atoms with Gasteiger partial charge in [0, 0.05) is 6.42 Å². The normalized spacial score (nSPS) is 55.9. The highest BCUT2D eigenvalue weighted by atomic mass is 16.3. The molecule has 0 amide bonds. The quantitative estimate of drug-likeness (QED) is 0.668. The zero-order valence-electron chi connectivity index (χ0n) is 15.3. The third-order valence-electron chi connectivity index (χ3n) is 8.68. The highest BCUT2D eigenvalue weighted by molar-refractivity contribution is 5.99. The van der Waals surface area contributed by atoms with E-state index in [1.54, 1.807) is 0 Å². The Morgan fingerprint density at radius 3 is 2.54 bits per heavy atom. The van der Waals surface area contributed by atoms with E-state index in [2.05, 4.69) is 19.9 Å². The number of carbonyl (C=O) groups is 1. The van der Waals surface area contributed by atoms with Crippen molar-refractivity contribution in [1.82, 2.24) is 0 Å². The Balaban J connectivity index is 1.67. The molecule has 134 valence electrons. The fraction of sp³-hybridized carbons (Fsp3) is 0.857. The first-order valence-electron chi connectivity index (χ1n) is 9.87. The van der Waals surface area contributed by atoms with Crippen molar-refractivity contribution in [1.29, 1.82) is 0 Å². The van der Waals surface area contributed by atoms with Crippen LogP contribution in [0.2, 0.25) is 0 Å². The summed E-state index contributed by atoms with van der Waals surface area (Å²) in [6.45, 7) is 6.70. The van der Waals surface area contributed by atoms with Gasteiger partial charge in [0.15, 0.2) is 5.78 Å². The summed E-state index contributed by atoms with van der Waals surface area (Å²) in [5.74, 6) is 2.59. The van der Waals surface area contributed by atoms with Crippen LogP contribution in [-0.2, 0) is 4.79 Å². The molecule has 0 aromatic carbocycles. The lowest BCUT2D eigenvalue weighted by Crippen LogP contribution is -2.56. The van der Waals surface area contributed by atoms with Crippen molar-refractivity contribution in [2.45, 2.75) is 77.9 Å². The predicted octanol–water partition coefficient (Wildman–Crippen LogP) is 3.49. The van der Waals surface area contributed by atoms with E-state index in [1.807, 2.05) is 6.92 Å². The molecule has 2 N–H and O–H groups in total. The fourth-order valence-corrected chi connectivity index (χ4v) is 7.43. The van der Waals surface area contributed by atoms with Crippen molar-refractivity contribution >= 4 is 5.78 Å². The smallest absolute Gasteiger partial charge is 0.159 e. The minimum atomic E-state index is -0.574. The molecule has 0 bridgehead atoms. The van der Waals surface area contributed by atoms with Crippen LogP contribution < -0.4 is 0 Å². The van der Waals surface area contributed by atoms with E-state index in [9.17, 15) is 15.0 Å². The SMILES string of the molecule is C/C=C1/C(=O)C[C@H]2[C@@H]3CC[C@@H]4C[C@@H](O)[C@@H](O)C[C@]4(C)[C@H]3CC[C@]12C. The molecule has 0 aromatic heterocycles. The lowest BCUT2D eigenvalue weighted by molar-refractivity contribution is -0.153. The topological polar surface area (TPSA) is 57.5 Å². The van der Waals surface area contributed by atoms with Crippen molar-refractivity contribution < 1.29 is 15.0 Å². The van der Waals surface area contributed by atoms with Gasteiger partial charge >= 0.3 is 0 Å². The van der Waals surface area contributed by atoms with Crippen LogP contribution in [-0.4, -0.2) is 28.2 Å². The van der Waals surface area contributed by atoms with Gasteiger partial charge in [-0.3, -0.25) is 4.79 Å². The summed E-state index contributed by atoms with van der Waals surface area (Å²) in [4.78, 5) is 12.6. The molecule has 3 heteroatoms. The Kier molecular flexibility index (Phi) is 3.78. The largest absolute Gasteiger partial charge is 0.390 e. The van der Waals surface area contributed by atoms with E-state index in [-0.39, 0.29) is 10.8 Å². The van der Waals surface area contributed by atoms with Gasteiger partial charge in [0.2, 0.25) is 0 Å². The summed E-state index contributed by atoms with van der Waals surface area (Å²) < 4.78 is 0. The number of Topliss-reactive ketones (excluding diaryl/α,β-unsaturated/α-hetero) is 1. The summed E-state index contributed by atoms with van der Waals surface area (Å²) in [7, 11) is 0. The molecule has 4 rings (SSSR count). The second kappa shape index (κ2) is 5.41. The summed E-state index contributed by atoms with van der Waals surface area (Å²) in [6.07, 6.45) is 7.76. The number of hydrogen-bond donors (Lipinski definition) is 2. The van der Waals surface area contributed by atoms with Gasteiger partial charge in [-0.25, -0.2) is 0 Å². The Hall–Kier alpha value is -0.670. The van der Waals surface area contributed by atoms with Crippen LogP contribution in [0.5, 0.6) is 0 Å². The second-order valence-electron chi connectivity index (χ2n) is 9.52. The van der Waals surface area contributed by atoms with Crippen molar-refractivity contribution in [2.75, 3.05) is 0 Å². The molecule has 4 fully saturated rings. The number of ketones is 1. The van der Waals surface area contributed by atoms with E-state index in [0.29, 0.717) is 29.5 Å². The molecule has 0 saturated heterocycles. The molecule has 4 saturated carbocycles. The molecule has 4 aliphatic rings. The van der Waals surface area contributed by atoms with E-state index >= 15 is 0 Å². The molecule has 24 heavy (non-hydrogen) atoms. The summed E-state index contributed by atoms with van der Waals surface area (Å²) >= 11 is 0. The van der Waals surface area contributed by atoms with Gasteiger partial charge in [-0.2, -0.15) is 0 Å². The number of carbonyl (C=O) groups excluding carboxylic acids is 1. The summed E-state index contributed by atoms with van der Waals surface area (Å²) in [5.41, 5.74) is 1.28. The monoisotopic (exact) mass is 332 g/mol. The van der Waals surface area contributed by atoms with Gasteiger partial charge in [0.25, 0.3) is 0 Å². The first-order valence-corrected chi connectivity index (χ1v) is 9.87. The summed E-state index contributed by atoms with van der Waals surface area (Å²) in [5, 5.41) is 20.4. The van der Waals surface area contributed by atoms with Gasteiger partial charge in [-0.05, 0) is 85.5 Å². The first kappa shape index (κ1) is 16.8. The second-order valence-corrected chi connectivity index (χ2v) is 9.52. The van der Waals surface area contributed by atoms with Gasteiger partial charge in [0.05, 0.1) is 12.2 Å². The van der Waals surface area contributed by atoms with Crippen LogP contribution in [0, 0.1) is 34.5 Å². The maximum atomic E-state index is 12.6. The van der Waals surface area contributed by atoms with Crippen LogP contribution in [0.3, 0.4) is 0 Å². The standard InChI is InChI=1S/C21H32O3/c1-4-14-17(22)10-16-13-6-5-12-9-18(23)19(24)11-21(12,3)15(13)7-8-20(14,16)2/h4,12-13,15-16,18-19,23-24H,5-11H2,1-3H3/b14-4-/t12-,13-,15+,16+,18-,19+,20-,21+/m1/s1. The molecule has 8 atom stereocenters. The molecule has 0 spiro atoms. The Morgan fingerprint density at radius 2 is 1.83 bits per heavy atom. The van der Waals surface area contributed by atoms with E-state index in [0.717, 1.165) is 44.1 Å². The van der Waals surface area contributed by atoms with Crippen molar-refractivity contribution in [2.24, 2.45) is 34.5 Å². The average molecular weight is 332 g/mol. The Morgan fingerprint density at radius 1 is 1.08 bits per heavy atom. The molecule has 0 radical (unpaired) electrons. The lowest BCUT2D eigenvalue weighted by atomic mass is 9.45. The van der Waals surface area contributed by atoms with Crippen LogP contribution >= 0.6 is 0 Å². The van der Waals surface area contributed by atoms with Gasteiger partial charge in [-0.1, -0.05) is 19.9 Å². The van der Waals surface area contributed by atoms with Crippen LogP contribution in [0.25, 0.3) is 0 Å². The van der Waals surface area contributed by atoms with Gasteiger partial charge < -0.3 is 10.2 Å². The van der Waals surface area contributed by atoms with Crippen LogP contribution in [0.4, 0.5) is 0 Å². The third-order valence-corrected chi connectivity index (χ3v) is 8.68. The Labute approximate surface area is 145 Å². The zero-order valence-corrected chi connectivity index (χ0v) is 15.3. The van der Waals surface area contributed by atoms with E-state index < -0.39 is 12.2 Å². The number of rotatable bonds is 0. The first-order chi connectivity index (χ1) is 11.3. The van der Waals surface area contributed by atoms with Crippen molar-refractivity contribution in [3.8, 4) is 0 Å². The van der Waals surface area contributed by atoms with E-state index in [1.165, 1.54) is 6.42 Å². The number of aliphatic hydroxyl groups excluding tert-OH is 2. The Bertz CT molecular complexity index is 582. The lowest BCUT2D eigenvalue weighted by Gasteiger charge is -2.60. The van der Waals surface area contributed by atoms with Crippen LogP contribution in [0.1, 0.15) is 65.7 Å². The molecule has 4 aliphatic carbocycles. The predicted molar refractivity (Wildman–Crippen MR) is 93.3 cm³/mol. The molecular weight excluding hydrogens is 300 g/mol. The highest BCUT2D eigenvalue weighted by Crippen LogP contribution is 2.66. The van der Waals surface area contributed by atoms with Gasteiger partial charge in [-0.15, -0.1) is 0 Å². The molecule has 3 nitrogen and oxygen atoms in total. The highest BCUT2D eigenvalue weighted by Gasteiger charge is 2.61. The van der Waals surface area contributed by atoms with Crippen molar-refractivity contribution in [3.63, 3.8) is 0 Å². The molecular formula is C21H32O3. The molecule has 0 aromatic rings. The van der Waals surface area contributed by atoms with Crippen molar-refractivity contribution in [3.05, 3.63) is 11.6 Å². The number of fused-ring (bicyclic) bond motifs is 5.